The van der Waals surface area contributed by atoms with Crippen LogP contribution in [0.25, 0.3) is 11.0 Å². The molecule has 4 heteroatoms. The molecule has 1 fully saturated rings. The maximum absolute atomic E-state index is 10.8. The summed E-state index contributed by atoms with van der Waals surface area (Å²) in [7, 11) is 0. The van der Waals surface area contributed by atoms with E-state index in [2.05, 4.69) is 22.5 Å². The molecule has 5 rings (SSSR count). The minimum absolute atomic E-state index is 0.513. The number of benzene rings is 1. The lowest BCUT2D eigenvalue weighted by atomic mass is 9.96. The number of rotatable bonds is 3. The van der Waals surface area contributed by atoms with E-state index >= 15 is 0 Å². The van der Waals surface area contributed by atoms with E-state index in [4.69, 9.17) is 4.98 Å². The predicted molar refractivity (Wildman–Crippen MR) is 103 cm³/mol. The fourth-order valence-electron chi connectivity index (χ4n) is 4.87. The topological polar surface area (TPSA) is 41.3 Å². The number of hydrogen-bond donors (Lipinski definition) is 1. The van der Waals surface area contributed by atoms with Crippen LogP contribution in [0, 0.1) is 6.92 Å². The van der Waals surface area contributed by atoms with Gasteiger partial charge in [0.2, 0.25) is 0 Å². The number of aryl methyl sites for hydroxylation is 1. The van der Waals surface area contributed by atoms with Crippen molar-refractivity contribution in [3.05, 3.63) is 65.0 Å². The molecule has 1 N–H and O–H groups in total. The molecule has 0 aliphatic carbocycles. The highest BCUT2D eigenvalue weighted by atomic mass is 16.3. The SMILES string of the molecule is Cc1cnc2c(c1)c1c(n2CC(O)c2ccccc2)CCN2CCCC12. The summed E-state index contributed by atoms with van der Waals surface area (Å²) < 4.78 is 2.29. The first-order chi connectivity index (χ1) is 12.7. The number of nitrogens with zero attached hydrogens (tertiary/aromatic N) is 3. The zero-order valence-electron chi connectivity index (χ0n) is 15.2. The normalized spacial score (nSPS) is 20.9. The van der Waals surface area contributed by atoms with E-state index in [0.29, 0.717) is 12.6 Å². The molecule has 0 bridgehead atoms. The Morgan fingerprint density at radius 1 is 1.23 bits per heavy atom. The maximum Gasteiger partial charge on any atom is 0.140 e. The van der Waals surface area contributed by atoms with Crippen molar-refractivity contribution in [1.29, 1.82) is 0 Å². The average molecular weight is 347 g/mol. The molecule has 2 atom stereocenters. The van der Waals surface area contributed by atoms with E-state index in [0.717, 1.165) is 24.2 Å². The van der Waals surface area contributed by atoms with Crippen molar-refractivity contribution in [3.8, 4) is 0 Å². The zero-order chi connectivity index (χ0) is 17.7. The minimum atomic E-state index is -0.513. The van der Waals surface area contributed by atoms with Gasteiger partial charge >= 0.3 is 0 Å². The molecule has 2 aromatic heterocycles. The van der Waals surface area contributed by atoms with Gasteiger partial charge in [0.1, 0.15) is 5.65 Å². The molecule has 26 heavy (non-hydrogen) atoms. The third-order valence-corrected chi connectivity index (χ3v) is 6.06. The fourth-order valence-corrected chi connectivity index (χ4v) is 4.87. The Morgan fingerprint density at radius 3 is 2.92 bits per heavy atom. The second-order valence-corrected chi connectivity index (χ2v) is 7.73. The highest BCUT2D eigenvalue weighted by molar-refractivity contribution is 5.84. The quantitative estimate of drug-likeness (QED) is 0.784. The van der Waals surface area contributed by atoms with Crippen molar-refractivity contribution in [2.24, 2.45) is 0 Å². The third-order valence-electron chi connectivity index (χ3n) is 6.06. The summed E-state index contributed by atoms with van der Waals surface area (Å²) in [5, 5.41) is 12.1. The van der Waals surface area contributed by atoms with Crippen molar-refractivity contribution in [1.82, 2.24) is 14.5 Å². The van der Waals surface area contributed by atoms with Crippen LogP contribution in [0.3, 0.4) is 0 Å². The third kappa shape index (κ3) is 2.48. The van der Waals surface area contributed by atoms with E-state index in [1.807, 2.05) is 36.5 Å². The van der Waals surface area contributed by atoms with Crippen LogP contribution in [-0.4, -0.2) is 32.6 Å². The average Bonchev–Trinajstić information content (AvgIpc) is 3.25. The van der Waals surface area contributed by atoms with Crippen molar-refractivity contribution in [2.75, 3.05) is 13.1 Å². The monoisotopic (exact) mass is 347 g/mol. The molecule has 0 amide bonds. The van der Waals surface area contributed by atoms with Crippen molar-refractivity contribution < 1.29 is 5.11 Å². The highest BCUT2D eigenvalue weighted by Crippen LogP contribution is 2.43. The van der Waals surface area contributed by atoms with Crippen LogP contribution in [0.1, 0.15) is 47.4 Å². The Morgan fingerprint density at radius 2 is 2.08 bits per heavy atom. The Balaban J connectivity index is 1.64. The van der Waals surface area contributed by atoms with Crippen LogP contribution in [0.5, 0.6) is 0 Å². The molecule has 2 unspecified atom stereocenters. The lowest BCUT2D eigenvalue weighted by Gasteiger charge is -2.31. The highest BCUT2D eigenvalue weighted by Gasteiger charge is 2.35. The Kier molecular flexibility index (Phi) is 3.84. The van der Waals surface area contributed by atoms with Gasteiger partial charge in [0.15, 0.2) is 0 Å². The molecule has 2 aliphatic heterocycles. The van der Waals surface area contributed by atoms with Crippen LogP contribution in [0.15, 0.2) is 42.6 Å². The molecule has 2 aliphatic rings. The summed E-state index contributed by atoms with van der Waals surface area (Å²) in [6.07, 6.45) is 5.00. The smallest absolute Gasteiger partial charge is 0.140 e. The van der Waals surface area contributed by atoms with Gasteiger partial charge in [0, 0.05) is 36.3 Å². The molecule has 0 saturated carbocycles. The van der Waals surface area contributed by atoms with E-state index < -0.39 is 6.10 Å². The van der Waals surface area contributed by atoms with Crippen LogP contribution in [-0.2, 0) is 13.0 Å². The molecular formula is C22H25N3O. The molecule has 0 radical (unpaired) electrons. The number of aliphatic hydroxyl groups excluding tert-OH is 1. The van der Waals surface area contributed by atoms with Gasteiger partial charge in [0.05, 0.1) is 12.6 Å². The molecule has 134 valence electrons. The van der Waals surface area contributed by atoms with E-state index in [-0.39, 0.29) is 0 Å². The van der Waals surface area contributed by atoms with Gasteiger partial charge in [-0.2, -0.15) is 0 Å². The molecule has 1 saturated heterocycles. The van der Waals surface area contributed by atoms with Gasteiger partial charge in [-0.05, 0) is 49.1 Å². The Labute approximate surface area is 154 Å². The molecule has 4 heterocycles. The zero-order valence-corrected chi connectivity index (χ0v) is 15.2. The molecule has 3 aromatic rings. The number of hydrogen-bond acceptors (Lipinski definition) is 3. The van der Waals surface area contributed by atoms with Gasteiger partial charge < -0.3 is 9.67 Å². The van der Waals surface area contributed by atoms with Crippen LogP contribution >= 0.6 is 0 Å². The van der Waals surface area contributed by atoms with Gasteiger partial charge in [-0.1, -0.05) is 30.3 Å². The molecule has 0 spiro atoms. The van der Waals surface area contributed by atoms with E-state index in [9.17, 15) is 5.11 Å². The summed E-state index contributed by atoms with van der Waals surface area (Å²) in [5.74, 6) is 0. The summed E-state index contributed by atoms with van der Waals surface area (Å²) in [6, 6.07) is 12.8. The lowest BCUT2D eigenvalue weighted by molar-refractivity contribution is 0.155. The number of aliphatic hydroxyl groups is 1. The first kappa shape index (κ1) is 16.0. The predicted octanol–water partition coefficient (Wildman–Crippen LogP) is 3.77. The van der Waals surface area contributed by atoms with E-state index in [1.165, 1.54) is 41.6 Å². The Bertz CT molecular complexity index is 947. The Hall–Kier alpha value is -2.17. The van der Waals surface area contributed by atoms with Crippen molar-refractivity contribution in [3.63, 3.8) is 0 Å². The van der Waals surface area contributed by atoms with Gasteiger partial charge in [-0.15, -0.1) is 0 Å². The second kappa shape index (κ2) is 6.22. The van der Waals surface area contributed by atoms with E-state index in [1.54, 1.807) is 0 Å². The minimum Gasteiger partial charge on any atom is -0.387 e. The number of fused-ring (bicyclic) bond motifs is 5. The molecular weight excluding hydrogens is 322 g/mol. The van der Waals surface area contributed by atoms with Crippen LogP contribution in [0.2, 0.25) is 0 Å². The summed E-state index contributed by atoms with van der Waals surface area (Å²) in [5.41, 5.74) is 6.06. The largest absolute Gasteiger partial charge is 0.387 e. The molecule has 1 aromatic carbocycles. The summed E-state index contributed by atoms with van der Waals surface area (Å²) in [4.78, 5) is 7.41. The van der Waals surface area contributed by atoms with Crippen molar-refractivity contribution in [2.45, 2.75) is 44.9 Å². The number of pyridine rings is 1. The summed E-state index contributed by atoms with van der Waals surface area (Å²) in [6.45, 7) is 5.01. The lowest BCUT2D eigenvalue weighted by Crippen LogP contribution is -2.31. The summed E-state index contributed by atoms with van der Waals surface area (Å²) >= 11 is 0. The first-order valence-electron chi connectivity index (χ1n) is 9.67. The first-order valence-corrected chi connectivity index (χ1v) is 9.67. The second-order valence-electron chi connectivity index (χ2n) is 7.73. The molecule has 4 nitrogen and oxygen atoms in total. The van der Waals surface area contributed by atoms with Crippen LogP contribution in [0.4, 0.5) is 0 Å². The standard InChI is InChI=1S/C22H25N3O/c1-15-12-17-21-18-8-5-10-24(18)11-9-19(21)25(22(17)23-13-15)14-20(26)16-6-3-2-4-7-16/h2-4,6-7,12-13,18,20,26H,5,8-11,14H2,1H3. The van der Waals surface area contributed by atoms with Gasteiger partial charge in [-0.25, -0.2) is 4.98 Å². The van der Waals surface area contributed by atoms with Crippen LogP contribution < -0.4 is 0 Å². The fraction of sp³-hybridized carbons (Fsp3) is 0.409. The van der Waals surface area contributed by atoms with Gasteiger partial charge in [0.25, 0.3) is 0 Å². The van der Waals surface area contributed by atoms with Crippen molar-refractivity contribution >= 4 is 11.0 Å². The maximum atomic E-state index is 10.8. The number of aromatic nitrogens is 2. The van der Waals surface area contributed by atoms with Gasteiger partial charge in [-0.3, -0.25) is 4.90 Å².